The molecule has 0 bridgehead atoms. The van der Waals surface area contributed by atoms with Crippen LogP contribution in [0, 0.1) is 0 Å². The Kier molecular flexibility index (Phi) is 4.47. The summed E-state index contributed by atoms with van der Waals surface area (Å²) in [7, 11) is 0. The van der Waals surface area contributed by atoms with Crippen LogP contribution in [0.15, 0.2) is 24.5 Å². The largest absolute Gasteiger partial charge is 0.489 e. The van der Waals surface area contributed by atoms with Crippen molar-refractivity contribution >= 4 is 12.0 Å². The van der Waals surface area contributed by atoms with Gasteiger partial charge in [0.25, 0.3) is 5.91 Å². The van der Waals surface area contributed by atoms with Gasteiger partial charge in [0.1, 0.15) is 12.4 Å². The van der Waals surface area contributed by atoms with E-state index in [2.05, 4.69) is 15.3 Å². The highest BCUT2D eigenvalue weighted by atomic mass is 16.5. The molecule has 2 aromatic heterocycles. The third-order valence-electron chi connectivity index (χ3n) is 5.32. The Bertz CT molecular complexity index is 878. The van der Waals surface area contributed by atoms with Gasteiger partial charge in [-0.1, -0.05) is 0 Å². The number of carbonyl (C=O) groups excluding carboxylic acids is 1. The number of ether oxygens (including phenoxy) is 1. The van der Waals surface area contributed by atoms with E-state index in [1.165, 1.54) is 4.90 Å². The summed E-state index contributed by atoms with van der Waals surface area (Å²) in [4.78, 5) is 32.4. The number of amides is 2. The zero-order chi connectivity index (χ0) is 19.0. The smallest absolute Gasteiger partial charge is 0.407 e. The quantitative estimate of drug-likeness (QED) is 0.765. The number of fused-ring (bicyclic) bond motifs is 1. The van der Waals surface area contributed by atoms with Gasteiger partial charge in [-0.25, -0.2) is 4.79 Å². The number of pyridine rings is 1. The minimum atomic E-state index is -0.914. The predicted octanol–water partition coefficient (Wildman–Crippen LogP) is 2.27. The number of carboxylic acid groups (broad SMARTS) is 1. The van der Waals surface area contributed by atoms with E-state index in [0.29, 0.717) is 17.9 Å². The molecule has 8 nitrogen and oxygen atoms in total. The van der Waals surface area contributed by atoms with Gasteiger partial charge < -0.3 is 20.1 Å². The molecule has 4 rings (SSSR count). The summed E-state index contributed by atoms with van der Waals surface area (Å²) in [6.45, 7) is 2.81. The molecule has 4 heterocycles. The van der Waals surface area contributed by atoms with Crippen LogP contribution >= 0.6 is 0 Å². The Balaban J connectivity index is 1.56. The van der Waals surface area contributed by atoms with Crippen LogP contribution in [0.2, 0.25) is 0 Å². The van der Waals surface area contributed by atoms with E-state index in [1.807, 2.05) is 19.1 Å². The number of rotatable bonds is 4. The van der Waals surface area contributed by atoms with E-state index >= 15 is 0 Å². The van der Waals surface area contributed by atoms with Gasteiger partial charge in [-0.05, 0) is 31.9 Å². The van der Waals surface area contributed by atoms with Crippen molar-refractivity contribution in [3.05, 3.63) is 35.8 Å². The predicted molar refractivity (Wildman–Crippen MR) is 97.9 cm³/mol. The molecule has 2 aliphatic rings. The van der Waals surface area contributed by atoms with E-state index in [1.54, 1.807) is 12.4 Å². The lowest BCUT2D eigenvalue weighted by atomic mass is 10.1. The average Bonchev–Trinajstić information content (AvgIpc) is 3.24. The summed E-state index contributed by atoms with van der Waals surface area (Å²) in [6.07, 6.45) is 4.75. The van der Waals surface area contributed by atoms with Crippen LogP contribution in [0.25, 0.3) is 11.3 Å². The number of likely N-dealkylation sites (tertiary alicyclic amines) is 1. The number of aromatic amines is 1. The van der Waals surface area contributed by atoms with Crippen molar-refractivity contribution in [1.29, 1.82) is 0 Å². The van der Waals surface area contributed by atoms with Crippen molar-refractivity contribution in [2.75, 3.05) is 13.2 Å². The molecular weight excluding hydrogens is 348 g/mol. The number of nitrogens with zero attached hydrogens (tertiary/aromatic N) is 2. The fourth-order valence-corrected chi connectivity index (χ4v) is 3.92. The lowest BCUT2D eigenvalue weighted by molar-refractivity contribution is 0.0945. The number of nitrogens with one attached hydrogen (secondary N) is 2. The summed E-state index contributed by atoms with van der Waals surface area (Å²) in [5.41, 5.74) is 3.17. The highest BCUT2D eigenvalue weighted by Gasteiger charge is 2.34. The van der Waals surface area contributed by atoms with Crippen LogP contribution in [0.1, 0.15) is 35.8 Å². The van der Waals surface area contributed by atoms with Crippen LogP contribution in [-0.2, 0) is 6.42 Å². The van der Waals surface area contributed by atoms with Gasteiger partial charge in [0.05, 0.1) is 23.5 Å². The molecule has 2 amide bonds. The van der Waals surface area contributed by atoms with E-state index in [0.717, 1.165) is 36.2 Å². The number of H-pyrrole nitrogens is 1. The fourth-order valence-electron chi connectivity index (χ4n) is 3.92. The van der Waals surface area contributed by atoms with Crippen LogP contribution in [0.4, 0.5) is 4.79 Å². The van der Waals surface area contributed by atoms with Gasteiger partial charge in [-0.3, -0.25) is 14.7 Å². The maximum Gasteiger partial charge on any atom is 0.407 e. The third-order valence-corrected chi connectivity index (χ3v) is 5.32. The normalized spacial score (nSPS) is 21.7. The minimum Gasteiger partial charge on any atom is -0.489 e. The first kappa shape index (κ1) is 17.4. The molecule has 0 saturated carbocycles. The van der Waals surface area contributed by atoms with Crippen molar-refractivity contribution < 1.29 is 19.4 Å². The Morgan fingerprint density at radius 3 is 3.04 bits per heavy atom. The van der Waals surface area contributed by atoms with Crippen molar-refractivity contribution in [3.8, 4) is 17.0 Å². The van der Waals surface area contributed by atoms with Crippen LogP contribution in [0.5, 0.6) is 5.75 Å². The standard InChI is InChI=1S/C19H22N4O4/c1-11-2-3-12(23(11)19(25)26)10-27-17-9-20-6-4-13(17)16-8-14-15(22-16)5-7-21-18(14)24/h4,6,8-9,11-12,22H,2-3,5,7,10H2,1H3,(H,21,24)(H,25,26). The number of hydrogen-bond donors (Lipinski definition) is 3. The fraction of sp³-hybridized carbons (Fsp3) is 0.421. The molecule has 2 atom stereocenters. The SMILES string of the molecule is CC1CCC(COc2cnccc2-c2cc3c([nH]2)CCNC3=O)N1C(=O)O. The van der Waals surface area contributed by atoms with Gasteiger partial charge >= 0.3 is 6.09 Å². The van der Waals surface area contributed by atoms with Gasteiger partial charge in [-0.2, -0.15) is 0 Å². The Hall–Kier alpha value is -3.03. The van der Waals surface area contributed by atoms with Crippen LogP contribution in [-0.4, -0.2) is 57.2 Å². The van der Waals surface area contributed by atoms with Gasteiger partial charge in [0, 0.05) is 36.5 Å². The molecule has 2 unspecified atom stereocenters. The van der Waals surface area contributed by atoms with Crippen molar-refractivity contribution in [1.82, 2.24) is 20.2 Å². The first-order valence-corrected chi connectivity index (χ1v) is 9.13. The second-order valence-electron chi connectivity index (χ2n) is 7.03. The van der Waals surface area contributed by atoms with Gasteiger partial charge in [0.15, 0.2) is 0 Å². The Labute approximate surface area is 156 Å². The van der Waals surface area contributed by atoms with Crippen LogP contribution < -0.4 is 10.1 Å². The molecule has 27 heavy (non-hydrogen) atoms. The topological polar surface area (TPSA) is 108 Å². The molecule has 0 spiro atoms. The highest BCUT2D eigenvalue weighted by molar-refractivity contribution is 5.98. The molecule has 0 aromatic carbocycles. The molecule has 2 aliphatic heterocycles. The van der Waals surface area contributed by atoms with E-state index in [9.17, 15) is 14.7 Å². The van der Waals surface area contributed by atoms with Gasteiger partial charge in [0.2, 0.25) is 0 Å². The third kappa shape index (κ3) is 3.22. The monoisotopic (exact) mass is 370 g/mol. The minimum absolute atomic E-state index is 0.00175. The Morgan fingerprint density at radius 1 is 1.41 bits per heavy atom. The lowest BCUT2D eigenvalue weighted by Gasteiger charge is -2.25. The summed E-state index contributed by atoms with van der Waals surface area (Å²) in [5.74, 6) is 0.494. The molecule has 3 N–H and O–H groups in total. The van der Waals surface area contributed by atoms with Crippen molar-refractivity contribution in [3.63, 3.8) is 0 Å². The number of carbonyl (C=O) groups is 2. The Morgan fingerprint density at radius 2 is 2.26 bits per heavy atom. The average molecular weight is 370 g/mol. The highest BCUT2D eigenvalue weighted by Crippen LogP contribution is 2.32. The molecule has 8 heteroatoms. The first-order chi connectivity index (χ1) is 13.0. The zero-order valence-electron chi connectivity index (χ0n) is 15.1. The number of hydrogen-bond acceptors (Lipinski definition) is 4. The zero-order valence-corrected chi connectivity index (χ0v) is 15.1. The molecule has 1 fully saturated rings. The van der Waals surface area contributed by atoms with Crippen LogP contribution in [0.3, 0.4) is 0 Å². The van der Waals surface area contributed by atoms with E-state index in [-0.39, 0.29) is 24.6 Å². The van der Waals surface area contributed by atoms with Crippen molar-refractivity contribution in [2.24, 2.45) is 0 Å². The van der Waals surface area contributed by atoms with Gasteiger partial charge in [-0.15, -0.1) is 0 Å². The van der Waals surface area contributed by atoms with E-state index < -0.39 is 6.09 Å². The molecule has 0 aliphatic carbocycles. The van der Waals surface area contributed by atoms with E-state index in [4.69, 9.17) is 4.74 Å². The second-order valence-corrected chi connectivity index (χ2v) is 7.03. The maximum atomic E-state index is 12.0. The molecule has 142 valence electrons. The molecule has 0 radical (unpaired) electrons. The number of aromatic nitrogens is 2. The molecule has 2 aromatic rings. The summed E-state index contributed by atoms with van der Waals surface area (Å²) in [6, 6.07) is 3.48. The maximum absolute atomic E-state index is 12.0. The summed E-state index contributed by atoms with van der Waals surface area (Å²) < 4.78 is 5.98. The first-order valence-electron chi connectivity index (χ1n) is 9.13. The second kappa shape index (κ2) is 6.94. The summed E-state index contributed by atoms with van der Waals surface area (Å²) >= 11 is 0. The molecule has 1 saturated heterocycles. The summed E-state index contributed by atoms with van der Waals surface area (Å²) in [5, 5.41) is 12.3. The lowest BCUT2D eigenvalue weighted by Crippen LogP contribution is -2.41. The molecular formula is C19H22N4O4. The van der Waals surface area contributed by atoms with Crippen molar-refractivity contribution in [2.45, 2.75) is 38.3 Å².